The molecule has 0 saturated heterocycles. The molecule has 0 spiro atoms. The van der Waals surface area contributed by atoms with E-state index in [0.29, 0.717) is 6.10 Å². The molecule has 0 aliphatic heterocycles. The zero-order chi connectivity index (χ0) is 17.7. The van der Waals surface area contributed by atoms with E-state index in [4.69, 9.17) is 4.74 Å². The smallest absolute Gasteiger partial charge is 0.0575 e. The highest BCUT2D eigenvalue weighted by Gasteiger charge is 2.30. The first kappa shape index (κ1) is 21.3. The number of rotatable bonds is 12. The van der Waals surface area contributed by atoms with Crippen LogP contribution in [-0.2, 0) is 4.74 Å². The van der Waals surface area contributed by atoms with Gasteiger partial charge in [0.05, 0.1) is 6.10 Å². The van der Waals surface area contributed by atoms with E-state index in [1.165, 1.54) is 109 Å². The van der Waals surface area contributed by atoms with Crippen molar-refractivity contribution < 1.29 is 4.74 Å². The Bertz CT molecular complexity index is 297. The standard InChI is InChI=1S/C24H46O/c1-3-5-6-7-8-9-10-20-25-24-18-16-23(17-19-24)22-14-12-21(11-4-2)13-15-22/h21-24H,3-20H2,1-2H3/t21-,22-,23-,24-. The van der Waals surface area contributed by atoms with Crippen LogP contribution < -0.4 is 0 Å². The molecule has 1 heteroatoms. The fraction of sp³-hybridized carbons (Fsp3) is 1.00. The lowest BCUT2D eigenvalue weighted by molar-refractivity contribution is 0.00529. The fourth-order valence-electron chi connectivity index (χ4n) is 5.39. The maximum absolute atomic E-state index is 6.20. The molecular formula is C24H46O. The van der Waals surface area contributed by atoms with Gasteiger partial charge in [-0.15, -0.1) is 0 Å². The third-order valence-electron chi connectivity index (χ3n) is 7.08. The van der Waals surface area contributed by atoms with Gasteiger partial charge in [0.25, 0.3) is 0 Å². The molecule has 2 rings (SSSR count). The summed E-state index contributed by atoms with van der Waals surface area (Å²) in [6, 6.07) is 0. The van der Waals surface area contributed by atoms with Crippen molar-refractivity contribution in [1.82, 2.24) is 0 Å². The highest BCUT2D eigenvalue weighted by atomic mass is 16.5. The van der Waals surface area contributed by atoms with Crippen LogP contribution in [0.5, 0.6) is 0 Å². The van der Waals surface area contributed by atoms with Crippen molar-refractivity contribution in [1.29, 1.82) is 0 Å². The van der Waals surface area contributed by atoms with E-state index in [1.54, 1.807) is 0 Å². The first-order valence-corrected chi connectivity index (χ1v) is 11.9. The zero-order valence-corrected chi connectivity index (χ0v) is 17.4. The molecule has 1 nitrogen and oxygen atoms in total. The van der Waals surface area contributed by atoms with Crippen molar-refractivity contribution in [2.24, 2.45) is 17.8 Å². The van der Waals surface area contributed by atoms with Gasteiger partial charge in [-0.1, -0.05) is 78.1 Å². The molecule has 2 fully saturated rings. The molecule has 25 heavy (non-hydrogen) atoms. The summed E-state index contributed by atoms with van der Waals surface area (Å²) >= 11 is 0. The van der Waals surface area contributed by atoms with E-state index in [2.05, 4.69) is 13.8 Å². The van der Waals surface area contributed by atoms with Gasteiger partial charge in [0.2, 0.25) is 0 Å². The van der Waals surface area contributed by atoms with Crippen LogP contribution in [0.4, 0.5) is 0 Å². The van der Waals surface area contributed by atoms with Gasteiger partial charge in [-0.3, -0.25) is 0 Å². The minimum absolute atomic E-state index is 0.591. The molecule has 0 aromatic rings. The van der Waals surface area contributed by atoms with Crippen LogP contribution >= 0.6 is 0 Å². The summed E-state index contributed by atoms with van der Waals surface area (Å²) in [4.78, 5) is 0. The molecular weight excluding hydrogens is 304 g/mol. The van der Waals surface area contributed by atoms with Gasteiger partial charge in [0, 0.05) is 6.61 Å². The Balaban J connectivity index is 1.46. The normalized spacial score (nSPS) is 30.5. The van der Waals surface area contributed by atoms with Crippen molar-refractivity contribution >= 4 is 0 Å². The molecule has 148 valence electrons. The van der Waals surface area contributed by atoms with Gasteiger partial charge < -0.3 is 4.74 Å². The predicted molar refractivity (Wildman–Crippen MR) is 110 cm³/mol. The molecule has 2 saturated carbocycles. The topological polar surface area (TPSA) is 9.23 Å². The van der Waals surface area contributed by atoms with E-state index < -0.39 is 0 Å². The van der Waals surface area contributed by atoms with Crippen LogP contribution in [0, 0.1) is 17.8 Å². The third-order valence-corrected chi connectivity index (χ3v) is 7.08. The molecule has 2 aliphatic rings. The molecule has 0 aromatic heterocycles. The maximum atomic E-state index is 6.20. The van der Waals surface area contributed by atoms with Gasteiger partial charge in [-0.25, -0.2) is 0 Å². The van der Waals surface area contributed by atoms with Gasteiger partial charge >= 0.3 is 0 Å². The Morgan fingerprint density at radius 1 is 0.600 bits per heavy atom. The lowest BCUT2D eigenvalue weighted by Crippen LogP contribution is -2.28. The Kier molecular flexibility index (Phi) is 11.2. The molecule has 0 radical (unpaired) electrons. The summed E-state index contributed by atoms with van der Waals surface area (Å²) in [5, 5.41) is 0. The number of hydrogen-bond donors (Lipinski definition) is 0. The van der Waals surface area contributed by atoms with Crippen LogP contribution in [0.3, 0.4) is 0 Å². The minimum Gasteiger partial charge on any atom is -0.378 e. The van der Waals surface area contributed by atoms with Crippen molar-refractivity contribution in [3.05, 3.63) is 0 Å². The first-order valence-electron chi connectivity index (χ1n) is 11.9. The summed E-state index contributed by atoms with van der Waals surface area (Å²) in [6.07, 6.45) is 24.8. The lowest BCUT2D eigenvalue weighted by atomic mass is 9.70. The molecule has 0 heterocycles. The molecule has 2 aliphatic carbocycles. The quantitative estimate of drug-likeness (QED) is 0.325. The van der Waals surface area contributed by atoms with E-state index in [0.717, 1.165) is 24.4 Å². The maximum Gasteiger partial charge on any atom is 0.0575 e. The average molecular weight is 351 g/mol. The third kappa shape index (κ3) is 8.46. The molecule has 0 unspecified atom stereocenters. The summed E-state index contributed by atoms with van der Waals surface area (Å²) in [5.74, 6) is 3.14. The van der Waals surface area contributed by atoms with Crippen molar-refractivity contribution in [3.63, 3.8) is 0 Å². The number of ether oxygens (including phenoxy) is 1. The number of hydrogen-bond acceptors (Lipinski definition) is 1. The van der Waals surface area contributed by atoms with Crippen LogP contribution in [0.25, 0.3) is 0 Å². The Hall–Kier alpha value is -0.0400. The average Bonchev–Trinajstić information content (AvgIpc) is 2.65. The Morgan fingerprint density at radius 2 is 1.16 bits per heavy atom. The Morgan fingerprint density at radius 3 is 1.76 bits per heavy atom. The van der Waals surface area contributed by atoms with Gasteiger partial charge in [-0.2, -0.15) is 0 Å². The summed E-state index contributed by atoms with van der Waals surface area (Å²) in [7, 11) is 0. The van der Waals surface area contributed by atoms with Crippen molar-refractivity contribution in [3.8, 4) is 0 Å². The van der Waals surface area contributed by atoms with Gasteiger partial charge in [-0.05, 0) is 62.7 Å². The second kappa shape index (κ2) is 13.2. The number of unbranched alkanes of at least 4 members (excludes halogenated alkanes) is 6. The second-order valence-electron chi connectivity index (χ2n) is 9.10. The predicted octanol–water partition coefficient (Wildman–Crippen LogP) is 7.92. The first-order chi connectivity index (χ1) is 12.3. The van der Waals surface area contributed by atoms with Crippen molar-refractivity contribution in [2.45, 2.75) is 129 Å². The van der Waals surface area contributed by atoms with E-state index in [-0.39, 0.29) is 0 Å². The Labute approximate surface area is 158 Å². The summed E-state index contributed by atoms with van der Waals surface area (Å²) < 4.78 is 6.20. The van der Waals surface area contributed by atoms with E-state index in [1.807, 2.05) is 0 Å². The van der Waals surface area contributed by atoms with Crippen LogP contribution in [0.2, 0.25) is 0 Å². The fourth-order valence-corrected chi connectivity index (χ4v) is 5.39. The van der Waals surface area contributed by atoms with E-state index in [9.17, 15) is 0 Å². The lowest BCUT2D eigenvalue weighted by Gasteiger charge is -2.37. The molecule has 0 amide bonds. The zero-order valence-electron chi connectivity index (χ0n) is 17.4. The molecule has 0 atom stereocenters. The summed E-state index contributed by atoms with van der Waals surface area (Å²) in [6.45, 7) is 5.66. The SMILES string of the molecule is CCCCCCCCCO[C@H]1CC[C@H]([C@H]2CC[C@H](CCC)CC2)CC1. The molecule has 0 aromatic carbocycles. The van der Waals surface area contributed by atoms with Gasteiger partial charge in [0.15, 0.2) is 0 Å². The van der Waals surface area contributed by atoms with Crippen LogP contribution in [-0.4, -0.2) is 12.7 Å². The highest BCUT2D eigenvalue weighted by Crippen LogP contribution is 2.41. The largest absolute Gasteiger partial charge is 0.378 e. The van der Waals surface area contributed by atoms with E-state index >= 15 is 0 Å². The van der Waals surface area contributed by atoms with Crippen molar-refractivity contribution in [2.75, 3.05) is 6.61 Å². The van der Waals surface area contributed by atoms with Crippen LogP contribution in [0.15, 0.2) is 0 Å². The summed E-state index contributed by atoms with van der Waals surface area (Å²) in [5.41, 5.74) is 0. The second-order valence-corrected chi connectivity index (χ2v) is 9.10. The monoisotopic (exact) mass is 350 g/mol. The van der Waals surface area contributed by atoms with Gasteiger partial charge in [0.1, 0.15) is 0 Å². The molecule has 0 N–H and O–H groups in total. The van der Waals surface area contributed by atoms with Crippen LogP contribution in [0.1, 0.15) is 123 Å². The highest BCUT2D eigenvalue weighted by molar-refractivity contribution is 4.82. The minimum atomic E-state index is 0.591. The molecule has 0 bridgehead atoms.